The molecule has 1 aromatic rings. The highest BCUT2D eigenvalue weighted by atomic mass is 16.6. The van der Waals surface area contributed by atoms with Crippen LogP contribution in [0, 0.1) is 17.0 Å². The van der Waals surface area contributed by atoms with Crippen LogP contribution < -0.4 is 0 Å². The van der Waals surface area contributed by atoms with Crippen LogP contribution in [0.1, 0.15) is 31.5 Å². The fourth-order valence-corrected chi connectivity index (χ4v) is 1.61. The van der Waals surface area contributed by atoms with E-state index >= 15 is 0 Å². The SMILES string of the molecule is Cc1ncc([N+](=O)[O-])n1CCCCCCO. The molecule has 0 saturated carbocycles. The van der Waals surface area contributed by atoms with Crippen molar-refractivity contribution in [2.24, 2.45) is 0 Å². The molecule has 0 spiro atoms. The first kappa shape index (κ1) is 12.6. The fraction of sp³-hybridized carbons (Fsp3) is 0.700. The Kier molecular flexibility index (Phi) is 4.91. The lowest BCUT2D eigenvalue weighted by molar-refractivity contribution is -0.392. The van der Waals surface area contributed by atoms with Gasteiger partial charge in [0.05, 0.1) is 6.54 Å². The highest BCUT2D eigenvalue weighted by Gasteiger charge is 2.16. The van der Waals surface area contributed by atoms with Gasteiger partial charge >= 0.3 is 5.82 Å². The number of unbranched alkanes of at least 4 members (excludes halogenated alkanes) is 3. The molecule has 0 atom stereocenters. The summed E-state index contributed by atoms with van der Waals surface area (Å²) < 4.78 is 1.62. The summed E-state index contributed by atoms with van der Waals surface area (Å²) in [7, 11) is 0. The largest absolute Gasteiger partial charge is 0.396 e. The van der Waals surface area contributed by atoms with Crippen molar-refractivity contribution in [2.45, 2.75) is 39.2 Å². The molecule has 1 aromatic heterocycles. The van der Waals surface area contributed by atoms with Crippen LogP contribution in [0.2, 0.25) is 0 Å². The smallest absolute Gasteiger partial charge is 0.342 e. The van der Waals surface area contributed by atoms with Crippen molar-refractivity contribution < 1.29 is 10.0 Å². The van der Waals surface area contributed by atoms with Crippen LogP contribution in [0.3, 0.4) is 0 Å². The molecule has 0 amide bonds. The standard InChI is InChI=1S/C10H17N3O3/c1-9-11-8-10(13(15)16)12(9)6-4-2-3-5-7-14/h8,14H,2-7H2,1H3. The molecule has 1 N–H and O–H groups in total. The van der Waals surface area contributed by atoms with Crippen LogP contribution >= 0.6 is 0 Å². The molecule has 0 aliphatic rings. The number of hydrogen-bond acceptors (Lipinski definition) is 4. The minimum absolute atomic E-state index is 0.0552. The quantitative estimate of drug-likeness (QED) is 0.436. The number of nitrogens with zero attached hydrogens (tertiary/aromatic N) is 3. The monoisotopic (exact) mass is 227 g/mol. The third-order valence-corrected chi connectivity index (χ3v) is 2.51. The van der Waals surface area contributed by atoms with E-state index in [1.807, 2.05) is 0 Å². The number of aryl methyl sites for hydroxylation is 1. The Labute approximate surface area is 94.1 Å². The Morgan fingerprint density at radius 1 is 1.44 bits per heavy atom. The number of aliphatic hydroxyl groups is 1. The van der Waals surface area contributed by atoms with Gasteiger partial charge in [-0.2, -0.15) is 0 Å². The average molecular weight is 227 g/mol. The molecule has 0 saturated heterocycles. The van der Waals surface area contributed by atoms with Crippen molar-refractivity contribution in [1.82, 2.24) is 9.55 Å². The third kappa shape index (κ3) is 3.30. The fourth-order valence-electron chi connectivity index (χ4n) is 1.61. The van der Waals surface area contributed by atoms with E-state index in [2.05, 4.69) is 4.98 Å². The van der Waals surface area contributed by atoms with Gasteiger partial charge in [-0.15, -0.1) is 0 Å². The second-order valence-corrected chi connectivity index (χ2v) is 3.71. The topological polar surface area (TPSA) is 81.2 Å². The number of hydrogen-bond donors (Lipinski definition) is 1. The van der Waals surface area contributed by atoms with Gasteiger partial charge in [-0.3, -0.25) is 0 Å². The summed E-state index contributed by atoms with van der Waals surface area (Å²) in [5, 5.41) is 19.3. The molecule has 0 bridgehead atoms. The molecular weight excluding hydrogens is 210 g/mol. The van der Waals surface area contributed by atoms with E-state index in [4.69, 9.17) is 5.11 Å². The molecule has 16 heavy (non-hydrogen) atoms. The van der Waals surface area contributed by atoms with Crippen molar-refractivity contribution in [1.29, 1.82) is 0 Å². The maximum absolute atomic E-state index is 10.7. The lowest BCUT2D eigenvalue weighted by Crippen LogP contribution is -2.05. The van der Waals surface area contributed by atoms with Gasteiger partial charge in [0.25, 0.3) is 0 Å². The summed E-state index contributed by atoms with van der Waals surface area (Å²) in [4.78, 5) is 14.2. The molecule has 0 aliphatic heterocycles. The highest BCUT2D eigenvalue weighted by molar-refractivity contribution is 5.18. The molecule has 1 heterocycles. The summed E-state index contributed by atoms with van der Waals surface area (Å²) in [6, 6.07) is 0. The summed E-state index contributed by atoms with van der Waals surface area (Å²) in [5.74, 6) is 0.730. The van der Waals surface area contributed by atoms with Gasteiger partial charge in [-0.25, -0.2) is 9.55 Å². The normalized spacial score (nSPS) is 10.6. The van der Waals surface area contributed by atoms with Crippen LogP contribution in [0.5, 0.6) is 0 Å². The van der Waals surface area contributed by atoms with Gasteiger partial charge in [0.1, 0.15) is 6.20 Å². The first-order chi connectivity index (χ1) is 7.66. The van der Waals surface area contributed by atoms with Gasteiger partial charge in [0.15, 0.2) is 5.82 Å². The minimum atomic E-state index is -0.409. The maximum Gasteiger partial charge on any atom is 0.342 e. The van der Waals surface area contributed by atoms with Crippen molar-refractivity contribution in [3.63, 3.8) is 0 Å². The molecule has 1 rings (SSSR count). The molecule has 0 aliphatic carbocycles. The number of aromatic nitrogens is 2. The molecule has 0 radical (unpaired) electrons. The van der Waals surface area contributed by atoms with Crippen molar-refractivity contribution in [3.8, 4) is 0 Å². The van der Waals surface area contributed by atoms with Gasteiger partial charge in [-0.05, 0) is 24.2 Å². The van der Waals surface area contributed by atoms with E-state index < -0.39 is 4.92 Å². The number of nitro groups is 1. The zero-order valence-electron chi connectivity index (χ0n) is 9.43. The lowest BCUT2D eigenvalue weighted by Gasteiger charge is -2.02. The molecule has 0 fully saturated rings. The van der Waals surface area contributed by atoms with Crippen molar-refractivity contribution in [3.05, 3.63) is 22.1 Å². The Bertz CT molecular complexity index is 349. The van der Waals surface area contributed by atoms with E-state index in [0.717, 1.165) is 25.7 Å². The van der Waals surface area contributed by atoms with E-state index in [-0.39, 0.29) is 12.4 Å². The van der Waals surface area contributed by atoms with E-state index in [9.17, 15) is 10.1 Å². The summed E-state index contributed by atoms with van der Waals surface area (Å²) in [6.07, 6.45) is 4.89. The van der Waals surface area contributed by atoms with Gasteiger partial charge in [-0.1, -0.05) is 6.42 Å². The zero-order valence-corrected chi connectivity index (χ0v) is 9.43. The zero-order chi connectivity index (χ0) is 12.0. The molecule has 0 unspecified atom stereocenters. The van der Waals surface area contributed by atoms with E-state index in [0.29, 0.717) is 12.4 Å². The Morgan fingerprint density at radius 2 is 2.12 bits per heavy atom. The first-order valence-corrected chi connectivity index (χ1v) is 5.44. The molecule has 90 valence electrons. The Hall–Kier alpha value is -1.43. The van der Waals surface area contributed by atoms with Crippen molar-refractivity contribution >= 4 is 5.82 Å². The second kappa shape index (κ2) is 6.22. The predicted octanol–water partition coefficient (Wildman–Crippen LogP) is 1.65. The van der Waals surface area contributed by atoms with Crippen LogP contribution in [-0.4, -0.2) is 26.2 Å². The number of aliphatic hydroxyl groups excluding tert-OH is 1. The lowest BCUT2D eigenvalue weighted by atomic mass is 10.2. The molecular formula is C10H17N3O3. The van der Waals surface area contributed by atoms with E-state index in [1.54, 1.807) is 11.5 Å². The number of rotatable bonds is 7. The summed E-state index contributed by atoms with van der Waals surface area (Å²) >= 11 is 0. The third-order valence-electron chi connectivity index (χ3n) is 2.51. The van der Waals surface area contributed by atoms with Crippen LogP contribution in [0.4, 0.5) is 5.82 Å². The Morgan fingerprint density at radius 3 is 2.75 bits per heavy atom. The van der Waals surface area contributed by atoms with E-state index in [1.165, 1.54) is 6.20 Å². The second-order valence-electron chi connectivity index (χ2n) is 3.71. The highest BCUT2D eigenvalue weighted by Crippen LogP contribution is 2.15. The first-order valence-electron chi connectivity index (χ1n) is 5.44. The predicted molar refractivity (Wildman–Crippen MR) is 59.2 cm³/mol. The minimum Gasteiger partial charge on any atom is -0.396 e. The summed E-state index contributed by atoms with van der Waals surface area (Å²) in [6.45, 7) is 2.60. The van der Waals surface area contributed by atoms with Crippen LogP contribution in [-0.2, 0) is 6.54 Å². The number of imidazole rings is 1. The molecule has 0 aromatic carbocycles. The summed E-state index contributed by atoms with van der Waals surface area (Å²) in [5.41, 5.74) is 0. The van der Waals surface area contributed by atoms with Gasteiger partial charge in [0, 0.05) is 13.5 Å². The van der Waals surface area contributed by atoms with Crippen molar-refractivity contribution in [2.75, 3.05) is 6.61 Å². The Balaban J connectivity index is 2.46. The van der Waals surface area contributed by atoms with Crippen LogP contribution in [0.15, 0.2) is 6.20 Å². The van der Waals surface area contributed by atoms with Crippen LogP contribution in [0.25, 0.3) is 0 Å². The average Bonchev–Trinajstić information content (AvgIpc) is 2.60. The van der Waals surface area contributed by atoms with Gasteiger partial charge in [0.2, 0.25) is 0 Å². The molecule has 6 heteroatoms. The maximum atomic E-state index is 10.7. The molecule has 6 nitrogen and oxygen atoms in total. The van der Waals surface area contributed by atoms with Gasteiger partial charge < -0.3 is 15.2 Å².